The van der Waals surface area contributed by atoms with Crippen LogP contribution in [-0.2, 0) is 35.5 Å². The molecule has 3 heterocycles. The molecule has 0 unspecified atom stereocenters. The van der Waals surface area contributed by atoms with Crippen molar-refractivity contribution < 1.29 is 24.6 Å². The summed E-state index contributed by atoms with van der Waals surface area (Å²) in [6.07, 6.45) is 0.426. The number of thiazole rings is 1. The fraction of sp³-hybridized carbons (Fsp3) is 0.333. The van der Waals surface area contributed by atoms with Gasteiger partial charge in [0, 0.05) is 33.2 Å². The van der Waals surface area contributed by atoms with Gasteiger partial charge in [-0.05, 0) is 47.2 Å². The second-order valence-corrected chi connectivity index (χ2v) is 12.3. The Morgan fingerprint density at radius 2 is 1.87 bits per heavy atom. The number of nitrogens with zero attached hydrogens (tertiary/aromatic N) is 5. The van der Waals surface area contributed by atoms with Gasteiger partial charge in [-0.1, -0.05) is 54.6 Å². The molecule has 1 aromatic heterocycles. The summed E-state index contributed by atoms with van der Waals surface area (Å²) < 4.78 is 1.02. The first kappa shape index (κ1) is 30.5. The van der Waals surface area contributed by atoms with E-state index in [9.17, 15) is 24.6 Å². The molecule has 2 atom stereocenters. The Hall–Kier alpha value is -4.52. The van der Waals surface area contributed by atoms with E-state index in [0.717, 1.165) is 26.9 Å². The number of carbonyl (C=O) groups excluding carboxylic acids is 3. The highest BCUT2D eigenvalue weighted by molar-refractivity contribution is 7.16. The third kappa shape index (κ3) is 6.35. The minimum atomic E-state index is -0.876. The standard InChI is InChI=1S/C33H36N6O5S/c1-36-20-30(42)38-26(16-23-12-13-27(41)24(15-23)10-6-14-40)32(43)37(18-25-9-5-11-28-31(25)35-21-45-28)19-29(38)39(36)33(44)34-17-22-7-3-2-4-8-22/h2-5,7-9,11-13,15,21,26,29,40-41H,6,10,14,16-20H2,1H3,(H,34,44)/t26-,29-/m0/s1. The maximum Gasteiger partial charge on any atom is 0.334 e. The molecule has 3 N–H and O–H groups in total. The van der Waals surface area contributed by atoms with Crippen molar-refractivity contribution in [3.8, 4) is 5.75 Å². The van der Waals surface area contributed by atoms with E-state index in [4.69, 9.17) is 0 Å². The quantitative estimate of drug-likeness (QED) is 0.260. The first-order valence-electron chi connectivity index (χ1n) is 15.0. The Balaban J connectivity index is 1.34. The van der Waals surface area contributed by atoms with E-state index in [1.807, 2.05) is 54.6 Å². The number of carbonyl (C=O) groups is 3. The number of para-hydroxylation sites is 1. The van der Waals surface area contributed by atoms with E-state index in [2.05, 4.69) is 10.3 Å². The summed E-state index contributed by atoms with van der Waals surface area (Å²) in [7, 11) is 1.70. The lowest BCUT2D eigenvalue weighted by Crippen LogP contribution is -2.76. The number of nitrogens with one attached hydrogen (secondary N) is 1. The number of hydrogen-bond donors (Lipinski definition) is 3. The number of phenolic OH excluding ortho intramolecular Hbond substituents is 1. The van der Waals surface area contributed by atoms with E-state index >= 15 is 0 Å². The molecule has 234 valence electrons. The summed E-state index contributed by atoms with van der Waals surface area (Å²) >= 11 is 1.53. The predicted octanol–water partition coefficient (Wildman–Crippen LogP) is 3.11. The predicted molar refractivity (Wildman–Crippen MR) is 170 cm³/mol. The zero-order valence-corrected chi connectivity index (χ0v) is 25.8. The summed E-state index contributed by atoms with van der Waals surface area (Å²) in [4.78, 5) is 49.5. The van der Waals surface area contributed by atoms with Gasteiger partial charge in [-0.2, -0.15) is 0 Å². The number of rotatable bonds is 9. The van der Waals surface area contributed by atoms with Crippen LogP contribution in [0.1, 0.15) is 28.7 Å². The highest BCUT2D eigenvalue weighted by Gasteiger charge is 2.50. The maximum absolute atomic E-state index is 14.3. The van der Waals surface area contributed by atoms with E-state index in [0.29, 0.717) is 24.9 Å². The van der Waals surface area contributed by atoms with Crippen molar-refractivity contribution in [2.45, 2.75) is 44.6 Å². The van der Waals surface area contributed by atoms with Crippen LogP contribution in [0.25, 0.3) is 10.2 Å². The molecule has 4 aromatic rings. The van der Waals surface area contributed by atoms with Gasteiger partial charge in [-0.25, -0.2) is 19.8 Å². The molecule has 2 aliphatic rings. The van der Waals surface area contributed by atoms with Crippen LogP contribution in [-0.4, -0.2) is 91.8 Å². The topological polar surface area (TPSA) is 130 Å². The summed E-state index contributed by atoms with van der Waals surface area (Å²) in [5, 5.41) is 25.9. The minimum absolute atomic E-state index is 0.00880. The van der Waals surface area contributed by atoms with E-state index in [1.165, 1.54) is 11.3 Å². The van der Waals surface area contributed by atoms with Crippen LogP contribution in [0.5, 0.6) is 5.75 Å². The van der Waals surface area contributed by atoms with Gasteiger partial charge in [0.2, 0.25) is 11.8 Å². The molecular formula is C33H36N6O5S. The van der Waals surface area contributed by atoms with Crippen LogP contribution in [0, 0.1) is 0 Å². The monoisotopic (exact) mass is 628 g/mol. The number of urea groups is 1. The van der Waals surface area contributed by atoms with Crippen molar-refractivity contribution in [3.63, 3.8) is 0 Å². The largest absolute Gasteiger partial charge is 0.508 e. The molecule has 0 spiro atoms. The van der Waals surface area contributed by atoms with E-state index in [-0.39, 0.29) is 56.3 Å². The number of hydrazine groups is 1. The van der Waals surface area contributed by atoms with Gasteiger partial charge < -0.3 is 25.3 Å². The highest BCUT2D eigenvalue weighted by Crippen LogP contribution is 2.31. The molecule has 2 saturated heterocycles. The van der Waals surface area contributed by atoms with Gasteiger partial charge in [-0.3, -0.25) is 9.59 Å². The first-order chi connectivity index (χ1) is 21.8. The third-order valence-corrected chi connectivity index (χ3v) is 9.21. The van der Waals surface area contributed by atoms with Gasteiger partial charge in [0.1, 0.15) is 18.0 Å². The number of aromatic nitrogens is 1. The maximum atomic E-state index is 14.3. The van der Waals surface area contributed by atoms with Crippen LogP contribution in [0.3, 0.4) is 0 Å². The smallest absolute Gasteiger partial charge is 0.334 e. The lowest BCUT2D eigenvalue weighted by Gasteiger charge is -2.54. The number of aromatic hydroxyl groups is 1. The second-order valence-electron chi connectivity index (χ2n) is 11.4. The summed E-state index contributed by atoms with van der Waals surface area (Å²) in [5.74, 6) is -0.338. The highest BCUT2D eigenvalue weighted by atomic mass is 32.1. The van der Waals surface area contributed by atoms with Crippen LogP contribution in [0.15, 0.2) is 72.2 Å². The molecule has 0 aliphatic carbocycles. The Bertz CT molecular complexity index is 1700. The lowest BCUT2D eigenvalue weighted by atomic mass is 9.96. The van der Waals surface area contributed by atoms with Gasteiger partial charge in [0.15, 0.2) is 0 Å². The molecule has 11 nitrogen and oxygen atoms in total. The lowest BCUT2D eigenvalue weighted by molar-refractivity contribution is -0.187. The summed E-state index contributed by atoms with van der Waals surface area (Å²) in [5.41, 5.74) is 5.88. The molecule has 0 radical (unpaired) electrons. The molecule has 45 heavy (non-hydrogen) atoms. The third-order valence-electron chi connectivity index (χ3n) is 8.42. The first-order valence-corrected chi connectivity index (χ1v) is 15.9. The Morgan fingerprint density at radius 1 is 1.04 bits per heavy atom. The van der Waals surface area contributed by atoms with Crippen molar-refractivity contribution in [1.29, 1.82) is 0 Å². The molecule has 12 heteroatoms. The number of likely N-dealkylation sites (N-methyl/N-ethyl adjacent to an activating group) is 1. The normalized spacial score (nSPS) is 18.8. The number of phenols is 1. The molecule has 6 rings (SSSR count). The fourth-order valence-corrected chi connectivity index (χ4v) is 6.96. The van der Waals surface area contributed by atoms with Gasteiger partial charge >= 0.3 is 6.03 Å². The molecule has 2 aliphatic heterocycles. The number of piperazine rings is 1. The van der Waals surface area contributed by atoms with Crippen molar-refractivity contribution in [2.75, 3.05) is 26.7 Å². The number of aryl methyl sites for hydroxylation is 1. The number of aliphatic hydroxyl groups is 1. The van der Waals surface area contributed by atoms with Crippen LogP contribution in [0.2, 0.25) is 0 Å². The molecule has 4 amide bonds. The van der Waals surface area contributed by atoms with Gasteiger partial charge in [0.05, 0.1) is 28.8 Å². The zero-order valence-electron chi connectivity index (χ0n) is 25.0. The molecule has 0 bridgehead atoms. The van der Waals surface area contributed by atoms with Gasteiger partial charge in [0.25, 0.3) is 0 Å². The van der Waals surface area contributed by atoms with Crippen LogP contribution >= 0.6 is 11.3 Å². The molecule has 3 aromatic carbocycles. The number of hydrogen-bond acceptors (Lipinski definition) is 8. The summed E-state index contributed by atoms with van der Waals surface area (Å²) in [6.45, 7) is 0.643. The molecule has 0 saturated carbocycles. The molecule has 2 fully saturated rings. The zero-order chi connectivity index (χ0) is 31.5. The minimum Gasteiger partial charge on any atom is -0.508 e. The van der Waals surface area contributed by atoms with Crippen LogP contribution < -0.4 is 5.32 Å². The SMILES string of the molecule is CN1CC(=O)N2[C@@H](Cc3ccc(O)c(CCCO)c3)C(=O)N(Cc3cccc4scnc34)C[C@@H]2N1C(=O)NCc1ccccc1. The number of benzene rings is 3. The molecular weight excluding hydrogens is 592 g/mol. The second kappa shape index (κ2) is 13.2. The summed E-state index contributed by atoms with van der Waals surface area (Å²) in [6, 6.07) is 19.4. The van der Waals surface area contributed by atoms with E-state index < -0.39 is 12.2 Å². The van der Waals surface area contributed by atoms with Crippen molar-refractivity contribution in [2.24, 2.45) is 0 Å². The van der Waals surface area contributed by atoms with Gasteiger partial charge in [-0.15, -0.1) is 11.3 Å². The Kier molecular flexibility index (Phi) is 8.97. The average Bonchev–Trinajstić information content (AvgIpc) is 3.52. The van der Waals surface area contributed by atoms with Crippen LogP contribution in [0.4, 0.5) is 4.79 Å². The average molecular weight is 629 g/mol. The number of aliphatic hydroxyl groups excluding tert-OH is 1. The Morgan fingerprint density at radius 3 is 2.67 bits per heavy atom. The number of fused-ring (bicyclic) bond motifs is 2. The Labute approximate surface area is 265 Å². The van der Waals surface area contributed by atoms with Crippen molar-refractivity contribution >= 4 is 39.4 Å². The van der Waals surface area contributed by atoms with Crippen molar-refractivity contribution in [1.82, 2.24) is 30.1 Å². The van der Waals surface area contributed by atoms with E-state index in [1.54, 1.807) is 44.5 Å². The van der Waals surface area contributed by atoms with Crippen molar-refractivity contribution in [3.05, 3.63) is 94.5 Å². The fourth-order valence-electron chi connectivity index (χ4n) is 6.24. The number of amides is 4.